The maximum atomic E-state index is 13.7. The first-order chi connectivity index (χ1) is 19.2. The molecule has 1 saturated heterocycles. The molecule has 0 bridgehead atoms. The molecule has 4 amide bonds. The second-order valence-corrected chi connectivity index (χ2v) is 11.3. The van der Waals surface area contributed by atoms with Gasteiger partial charge in [0.15, 0.2) is 11.5 Å². The summed E-state index contributed by atoms with van der Waals surface area (Å²) in [7, 11) is 3.11. The molecule has 0 aliphatic carbocycles. The highest BCUT2D eigenvalue weighted by Gasteiger charge is 2.50. The van der Waals surface area contributed by atoms with Crippen molar-refractivity contribution >= 4 is 34.9 Å². The Bertz CT molecular complexity index is 1470. The number of hydrogen-bond donors (Lipinski definition) is 1. The zero-order chi connectivity index (χ0) is 28.6. The summed E-state index contributed by atoms with van der Waals surface area (Å²) >= 11 is 1.54. The van der Waals surface area contributed by atoms with Gasteiger partial charge in [-0.2, -0.15) is 5.10 Å². The quantitative estimate of drug-likeness (QED) is 0.390. The molecule has 40 heavy (non-hydrogen) atoms. The highest BCUT2D eigenvalue weighted by molar-refractivity contribution is 7.12. The average Bonchev–Trinajstić information content (AvgIpc) is 3.69. The lowest BCUT2D eigenvalue weighted by atomic mass is 9.90. The molecule has 3 heterocycles. The van der Waals surface area contributed by atoms with Gasteiger partial charge < -0.3 is 14.8 Å². The Kier molecular flexibility index (Phi) is 7.37. The largest absolute Gasteiger partial charge is 0.493 e. The molecule has 1 fully saturated rings. The number of ether oxygens (including phenoxy) is 2. The van der Waals surface area contributed by atoms with Gasteiger partial charge in [0.1, 0.15) is 12.1 Å². The third-order valence-electron chi connectivity index (χ3n) is 7.49. The van der Waals surface area contributed by atoms with Crippen LogP contribution in [0.2, 0.25) is 0 Å². The van der Waals surface area contributed by atoms with Crippen molar-refractivity contribution in [3.05, 3.63) is 81.5 Å². The van der Waals surface area contributed by atoms with Crippen LogP contribution in [-0.4, -0.2) is 54.2 Å². The van der Waals surface area contributed by atoms with E-state index in [9.17, 15) is 14.4 Å². The fraction of sp³-hybridized carbons (Fsp3) is 0.333. The number of hydrazone groups is 1. The van der Waals surface area contributed by atoms with Crippen LogP contribution in [-0.2, 0) is 15.1 Å². The number of carbonyl (C=O) groups excluding carboxylic acids is 3. The number of rotatable bonds is 8. The Balaban J connectivity index is 1.42. The molecule has 2 aromatic carbocycles. The number of methoxy groups -OCH3 is 2. The van der Waals surface area contributed by atoms with E-state index < -0.39 is 36.0 Å². The summed E-state index contributed by atoms with van der Waals surface area (Å²) in [5.41, 5.74) is 2.08. The molecule has 10 heteroatoms. The predicted molar refractivity (Wildman–Crippen MR) is 153 cm³/mol. The lowest BCUT2D eigenvalue weighted by Crippen LogP contribution is -2.43. The molecule has 1 N–H and O–H groups in total. The summed E-state index contributed by atoms with van der Waals surface area (Å²) in [4.78, 5) is 42.2. The molecule has 3 aromatic rings. The van der Waals surface area contributed by atoms with Gasteiger partial charge in [0.25, 0.3) is 11.8 Å². The summed E-state index contributed by atoms with van der Waals surface area (Å²) in [6.45, 7) is 5.41. The lowest BCUT2D eigenvalue weighted by molar-refractivity contribution is -0.140. The number of amides is 4. The third kappa shape index (κ3) is 4.83. The molecule has 0 radical (unpaired) electrons. The normalized spacial score (nSPS) is 20.6. The Morgan fingerprint density at radius 3 is 2.45 bits per heavy atom. The van der Waals surface area contributed by atoms with Crippen LogP contribution < -0.4 is 14.8 Å². The highest BCUT2D eigenvalue weighted by atomic mass is 32.1. The second kappa shape index (κ2) is 10.8. The van der Waals surface area contributed by atoms with E-state index in [-0.39, 0.29) is 0 Å². The Labute approximate surface area is 237 Å². The fourth-order valence-electron chi connectivity index (χ4n) is 5.10. The first-order valence-corrected chi connectivity index (χ1v) is 13.9. The Morgan fingerprint density at radius 1 is 1.10 bits per heavy atom. The van der Waals surface area contributed by atoms with Crippen molar-refractivity contribution in [3.8, 4) is 11.5 Å². The number of urea groups is 1. The molecule has 0 spiro atoms. The van der Waals surface area contributed by atoms with Gasteiger partial charge in [-0.3, -0.25) is 14.5 Å². The molecule has 2 aliphatic rings. The molecule has 0 unspecified atom stereocenters. The van der Waals surface area contributed by atoms with E-state index in [1.165, 1.54) is 16.3 Å². The van der Waals surface area contributed by atoms with Crippen LogP contribution in [0, 0.1) is 0 Å². The lowest BCUT2D eigenvalue weighted by Gasteiger charge is -2.25. The van der Waals surface area contributed by atoms with Crippen LogP contribution in [0.25, 0.3) is 0 Å². The van der Waals surface area contributed by atoms with Gasteiger partial charge in [0.05, 0.1) is 30.9 Å². The number of carbonyl (C=O) groups is 3. The van der Waals surface area contributed by atoms with Crippen LogP contribution >= 0.6 is 11.3 Å². The monoisotopic (exact) mass is 560 g/mol. The van der Waals surface area contributed by atoms with Crippen molar-refractivity contribution in [2.45, 2.75) is 44.7 Å². The number of thiophene rings is 1. The van der Waals surface area contributed by atoms with Crippen molar-refractivity contribution in [1.82, 2.24) is 15.2 Å². The Morgan fingerprint density at radius 2 is 1.82 bits per heavy atom. The van der Waals surface area contributed by atoms with E-state index in [0.29, 0.717) is 29.4 Å². The van der Waals surface area contributed by atoms with Crippen LogP contribution in [0.4, 0.5) is 4.79 Å². The summed E-state index contributed by atoms with van der Waals surface area (Å²) in [5.74, 6) is 0.497. The first-order valence-electron chi connectivity index (χ1n) is 13.1. The zero-order valence-electron chi connectivity index (χ0n) is 23.1. The molecule has 2 atom stereocenters. The van der Waals surface area contributed by atoms with Crippen LogP contribution in [0.5, 0.6) is 11.5 Å². The number of imide groups is 1. The van der Waals surface area contributed by atoms with Crippen molar-refractivity contribution in [2.75, 3.05) is 20.8 Å². The molecule has 208 valence electrons. The van der Waals surface area contributed by atoms with Crippen molar-refractivity contribution in [2.24, 2.45) is 5.10 Å². The van der Waals surface area contributed by atoms with Crippen LogP contribution in [0.3, 0.4) is 0 Å². The highest BCUT2D eigenvalue weighted by Crippen LogP contribution is 2.38. The third-order valence-corrected chi connectivity index (χ3v) is 8.41. The standard InChI is InChI=1S/C30H32N4O5S/c1-18(2)19-8-11-21(12-9-19)30(3)28(36)33(29(37)31-30)17-27(35)34-23(16-22(32-34)26-7-6-14-40-26)20-10-13-24(38-4)25(15-20)39-5/h6-15,18,23H,16-17H2,1-5H3,(H,31,37)/t23-,30+/m1/s1. The molecule has 1 aromatic heterocycles. The first kappa shape index (κ1) is 27.4. The molecule has 2 aliphatic heterocycles. The molecule has 5 rings (SSSR count). The van der Waals surface area contributed by atoms with Gasteiger partial charge in [-0.15, -0.1) is 11.3 Å². The predicted octanol–water partition coefficient (Wildman–Crippen LogP) is 5.03. The van der Waals surface area contributed by atoms with E-state index >= 15 is 0 Å². The molecule has 9 nitrogen and oxygen atoms in total. The van der Waals surface area contributed by atoms with E-state index in [0.717, 1.165) is 26.6 Å². The fourth-order valence-corrected chi connectivity index (χ4v) is 5.82. The smallest absolute Gasteiger partial charge is 0.325 e. The van der Waals surface area contributed by atoms with Crippen molar-refractivity contribution < 1.29 is 23.9 Å². The van der Waals surface area contributed by atoms with Gasteiger partial charge in [-0.25, -0.2) is 9.80 Å². The average molecular weight is 561 g/mol. The van der Waals surface area contributed by atoms with Gasteiger partial charge in [-0.05, 0) is 53.1 Å². The number of benzene rings is 2. The minimum absolute atomic E-state index is 0.337. The number of nitrogens with zero attached hydrogens (tertiary/aromatic N) is 3. The van der Waals surface area contributed by atoms with Gasteiger partial charge >= 0.3 is 6.03 Å². The molecular weight excluding hydrogens is 528 g/mol. The van der Waals surface area contributed by atoms with E-state index in [2.05, 4.69) is 24.3 Å². The maximum Gasteiger partial charge on any atom is 0.325 e. The SMILES string of the molecule is COc1ccc([C@H]2CC(c3cccs3)=NN2C(=O)CN2C(=O)N[C@@](C)(c3ccc(C(C)C)cc3)C2=O)cc1OC. The van der Waals surface area contributed by atoms with Gasteiger partial charge in [-0.1, -0.05) is 50.2 Å². The number of hydrogen-bond acceptors (Lipinski definition) is 7. The topological polar surface area (TPSA) is 101 Å². The van der Waals surface area contributed by atoms with Crippen LogP contribution in [0.1, 0.15) is 60.7 Å². The zero-order valence-corrected chi connectivity index (χ0v) is 24.0. The maximum absolute atomic E-state index is 13.7. The summed E-state index contributed by atoms with van der Waals surface area (Å²) < 4.78 is 10.9. The molecular formula is C30H32N4O5S. The minimum Gasteiger partial charge on any atom is -0.493 e. The van der Waals surface area contributed by atoms with Crippen LogP contribution in [0.15, 0.2) is 65.1 Å². The van der Waals surface area contributed by atoms with E-state index in [1.807, 2.05) is 53.9 Å². The number of nitrogens with one attached hydrogen (secondary N) is 1. The van der Waals surface area contributed by atoms with Crippen molar-refractivity contribution in [3.63, 3.8) is 0 Å². The minimum atomic E-state index is -1.27. The molecule has 0 saturated carbocycles. The van der Waals surface area contributed by atoms with Gasteiger partial charge in [0, 0.05) is 6.42 Å². The van der Waals surface area contributed by atoms with E-state index in [1.54, 1.807) is 27.2 Å². The Hall–Kier alpha value is -4.18. The second-order valence-electron chi connectivity index (χ2n) is 10.3. The van der Waals surface area contributed by atoms with Gasteiger partial charge in [0.2, 0.25) is 0 Å². The summed E-state index contributed by atoms with van der Waals surface area (Å²) in [6.07, 6.45) is 0.474. The van der Waals surface area contributed by atoms with E-state index in [4.69, 9.17) is 9.47 Å². The summed E-state index contributed by atoms with van der Waals surface area (Å²) in [5, 5.41) is 10.8. The van der Waals surface area contributed by atoms with Crippen molar-refractivity contribution in [1.29, 1.82) is 0 Å². The summed E-state index contributed by atoms with van der Waals surface area (Å²) in [6, 6.07) is 15.9.